The van der Waals surface area contributed by atoms with Gasteiger partial charge in [-0.3, -0.25) is 4.79 Å². The summed E-state index contributed by atoms with van der Waals surface area (Å²) in [6.45, 7) is 7.58. The van der Waals surface area contributed by atoms with Crippen LogP contribution < -0.4 is 4.90 Å². The second kappa shape index (κ2) is 4.41. The highest BCUT2D eigenvalue weighted by atomic mass is 32.1. The number of aromatic nitrogens is 1. The Morgan fingerprint density at radius 2 is 2.06 bits per heavy atom. The third kappa shape index (κ3) is 2.86. The second-order valence-electron chi connectivity index (χ2n) is 5.96. The maximum absolute atomic E-state index is 11.7. The van der Waals surface area contributed by atoms with E-state index in [-0.39, 0.29) is 11.2 Å². The number of Topliss-reactive ketones (excluding diaryl/α,β-unsaturated/α-hetero) is 1. The number of hydrogen-bond acceptors (Lipinski definition) is 4. The van der Waals surface area contributed by atoms with Gasteiger partial charge in [-0.25, -0.2) is 4.98 Å². The van der Waals surface area contributed by atoms with Gasteiger partial charge in [-0.05, 0) is 18.3 Å². The fourth-order valence-electron chi connectivity index (χ4n) is 2.20. The van der Waals surface area contributed by atoms with Crippen LogP contribution in [-0.2, 0) is 6.42 Å². The Kier molecular flexibility index (Phi) is 3.25. The van der Waals surface area contributed by atoms with Gasteiger partial charge in [0.25, 0.3) is 0 Å². The molecule has 0 aliphatic heterocycles. The van der Waals surface area contributed by atoms with E-state index in [4.69, 9.17) is 0 Å². The van der Waals surface area contributed by atoms with E-state index < -0.39 is 0 Å². The molecule has 0 unspecified atom stereocenters. The summed E-state index contributed by atoms with van der Waals surface area (Å²) in [5.74, 6) is 0.220. The largest absolute Gasteiger partial charge is 0.351 e. The average Bonchev–Trinajstić information content (AvgIpc) is 2.60. The van der Waals surface area contributed by atoms with E-state index in [9.17, 15) is 4.79 Å². The normalized spacial score (nSPS) is 15.9. The van der Waals surface area contributed by atoms with Crippen molar-refractivity contribution < 1.29 is 4.79 Å². The molecule has 0 saturated heterocycles. The highest BCUT2D eigenvalue weighted by Crippen LogP contribution is 2.32. The number of thiazole rings is 1. The highest BCUT2D eigenvalue weighted by molar-refractivity contribution is 7.16. The van der Waals surface area contributed by atoms with Gasteiger partial charge in [0.05, 0.1) is 0 Å². The molecule has 0 atom stereocenters. The molecule has 1 aromatic heterocycles. The number of aryl methyl sites for hydroxylation is 1. The SMILES string of the molecule is CN(CC(C)(C)C)c1nc2c(s1)CCCC2=O. The number of fused-ring (bicyclic) bond motifs is 1. The quantitative estimate of drug-likeness (QED) is 0.810. The van der Waals surface area contributed by atoms with Gasteiger partial charge in [-0.15, -0.1) is 11.3 Å². The van der Waals surface area contributed by atoms with Crippen molar-refractivity contribution >= 4 is 22.3 Å². The first-order valence-corrected chi connectivity index (χ1v) is 6.92. The summed E-state index contributed by atoms with van der Waals surface area (Å²) >= 11 is 1.68. The molecular weight excluding hydrogens is 232 g/mol. The Morgan fingerprint density at radius 1 is 1.35 bits per heavy atom. The van der Waals surface area contributed by atoms with Crippen LogP contribution in [0.5, 0.6) is 0 Å². The second-order valence-corrected chi connectivity index (χ2v) is 7.02. The van der Waals surface area contributed by atoms with Gasteiger partial charge in [-0.1, -0.05) is 20.8 Å². The summed E-state index contributed by atoms with van der Waals surface area (Å²) < 4.78 is 0. The monoisotopic (exact) mass is 252 g/mol. The van der Waals surface area contributed by atoms with Crippen LogP contribution in [0, 0.1) is 5.41 Å². The number of nitrogens with zero attached hydrogens (tertiary/aromatic N) is 2. The van der Waals surface area contributed by atoms with Crippen molar-refractivity contribution in [3.05, 3.63) is 10.6 Å². The van der Waals surface area contributed by atoms with Crippen LogP contribution in [0.2, 0.25) is 0 Å². The molecule has 2 rings (SSSR count). The summed E-state index contributed by atoms with van der Waals surface area (Å²) in [4.78, 5) is 19.6. The molecule has 0 N–H and O–H groups in total. The van der Waals surface area contributed by atoms with E-state index in [1.165, 1.54) is 4.88 Å². The van der Waals surface area contributed by atoms with Crippen molar-refractivity contribution in [1.82, 2.24) is 4.98 Å². The van der Waals surface area contributed by atoms with E-state index in [1.807, 2.05) is 0 Å². The van der Waals surface area contributed by atoms with Crippen molar-refractivity contribution in [2.75, 3.05) is 18.5 Å². The van der Waals surface area contributed by atoms with Crippen molar-refractivity contribution in [1.29, 1.82) is 0 Å². The zero-order chi connectivity index (χ0) is 12.6. The zero-order valence-electron chi connectivity index (χ0n) is 11.0. The first-order valence-electron chi connectivity index (χ1n) is 6.11. The average molecular weight is 252 g/mol. The minimum Gasteiger partial charge on any atom is -0.351 e. The highest BCUT2D eigenvalue weighted by Gasteiger charge is 2.24. The molecule has 1 aliphatic rings. The predicted octanol–water partition coefficient (Wildman–Crippen LogP) is 3.14. The molecule has 0 bridgehead atoms. The fourth-order valence-corrected chi connectivity index (χ4v) is 3.28. The lowest BCUT2D eigenvalue weighted by Gasteiger charge is -2.26. The molecule has 0 fully saturated rings. The number of carbonyl (C=O) groups is 1. The molecule has 1 aliphatic carbocycles. The molecule has 0 saturated carbocycles. The lowest BCUT2D eigenvalue weighted by molar-refractivity contribution is 0.0968. The van der Waals surface area contributed by atoms with Gasteiger partial charge in [0.2, 0.25) is 0 Å². The maximum Gasteiger partial charge on any atom is 0.185 e. The van der Waals surface area contributed by atoms with E-state index in [2.05, 4.69) is 37.7 Å². The zero-order valence-corrected chi connectivity index (χ0v) is 11.9. The summed E-state index contributed by atoms with van der Waals surface area (Å²) in [6.07, 6.45) is 2.66. The Morgan fingerprint density at radius 3 is 2.65 bits per heavy atom. The first-order chi connectivity index (χ1) is 7.87. The predicted molar refractivity (Wildman–Crippen MR) is 72.1 cm³/mol. The third-order valence-corrected chi connectivity index (χ3v) is 4.03. The maximum atomic E-state index is 11.7. The van der Waals surface area contributed by atoms with E-state index in [0.29, 0.717) is 6.42 Å². The van der Waals surface area contributed by atoms with Crippen LogP contribution in [0.15, 0.2) is 0 Å². The summed E-state index contributed by atoms with van der Waals surface area (Å²) in [5, 5.41) is 0.986. The van der Waals surface area contributed by atoms with Crippen molar-refractivity contribution in [2.45, 2.75) is 40.0 Å². The molecule has 1 aromatic rings. The Labute approximate surface area is 107 Å². The van der Waals surface area contributed by atoms with E-state index >= 15 is 0 Å². The van der Waals surface area contributed by atoms with Gasteiger partial charge in [0.1, 0.15) is 5.69 Å². The summed E-state index contributed by atoms with van der Waals surface area (Å²) in [6, 6.07) is 0. The van der Waals surface area contributed by atoms with Crippen LogP contribution in [0.4, 0.5) is 5.13 Å². The van der Waals surface area contributed by atoms with Crippen LogP contribution in [0.1, 0.15) is 49.0 Å². The van der Waals surface area contributed by atoms with E-state index in [0.717, 1.165) is 30.2 Å². The number of anilines is 1. The number of rotatable bonds is 2. The molecule has 0 spiro atoms. The minimum atomic E-state index is 0.220. The molecular formula is C13H20N2OS. The van der Waals surface area contributed by atoms with Gasteiger partial charge in [-0.2, -0.15) is 0 Å². The van der Waals surface area contributed by atoms with E-state index in [1.54, 1.807) is 11.3 Å². The third-order valence-electron chi connectivity index (χ3n) is 2.80. The number of carbonyl (C=O) groups excluding carboxylic acids is 1. The summed E-state index contributed by atoms with van der Waals surface area (Å²) in [5.41, 5.74) is 0.974. The van der Waals surface area contributed by atoms with Gasteiger partial charge >= 0.3 is 0 Å². The molecule has 4 heteroatoms. The Balaban J connectivity index is 2.20. The number of hydrogen-bond donors (Lipinski definition) is 0. The fraction of sp³-hybridized carbons (Fsp3) is 0.692. The standard InChI is InChI=1S/C13H20N2OS/c1-13(2,3)8-15(4)12-14-11-9(16)6-5-7-10(11)17-12/h5-8H2,1-4H3. The minimum absolute atomic E-state index is 0.220. The summed E-state index contributed by atoms with van der Waals surface area (Å²) in [7, 11) is 2.06. The molecule has 94 valence electrons. The van der Waals surface area contributed by atoms with Crippen LogP contribution >= 0.6 is 11.3 Å². The molecule has 0 radical (unpaired) electrons. The van der Waals surface area contributed by atoms with Gasteiger partial charge in [0, 0.05) is 24.9 Å². The number of ketones is 1. The Hall–Kier alpha value is -0.900. The van der Waals surface area contributed by atoms with Gasteiger partial charge in [0.15, 0.2) is 10.9 Å². The molecule has 1 heterocycles. The van der Waals surface area contributed by atoms with Gasteiger partial charge < -0.3 is 4.90 Å². The Bertz CT molecular complexity index is 431. The van der Waals surface area contributed by atoms with Crippen LogP contribution in [-0.4, -0.2) is 24.4 Å². The van der Waals surface area contributed by atoms with Crippen molar-refractivity contribution in [2.24, 2.45) is 5.41 Å². The van der Waals surface area contributed by atoms with Crippen LogP contribution in [0.25, 0.3) is 0 Å². The molecule has 0 amide bonds. The molecule has 17 heavy (non-hydrogen) atoms. The first kappa shape index (κ1) is 12.6. The van der Waals surface area contributed by atoms with Crippen molar-refractivity contribution in [3.8, 4) is 0 Å². The van der Waals surface area contributed by atoms with Crippen molar-refractivity contribution in [3.63, 3.8) is 0 Å². The lowest BCUT2D eigenvalue weighted by Crippen LogP contribution is -2.29. The smallest absolute Gasteiger partial charge is 0.185 e. The lowest BCUT2D eigenvalue weighted by atomic mass is 9.96. The molecule has 3 nitrogen and oxygen atoms in total. The molecule has 0 aromatic carbocycles. The van der Waals surface area contributed by atoms with Crippen LogP contribution in [0.3, 0.4) is 0 Å². The topological polar surface area (TPSA) is 33.2 Å².